The van der Waals surface area contributed by atoms with Crippen molar-refractivity contribution in [2.75, 3.05) is 26.4 Å². The molecule has 0 aliphatic heterocycles. The van der Waals surface area contributed by atoms with E-state index in [9.17, 15) is 8.42 Å². The van der Waals surface area contributed by atoms with E-state index in [2.05, 4.69) is 20.7 Å². The lowest BCUT2D eigenvalue weighted by Crippen LogP contribution is -2.27. The van der Waals surface area contributed by atoms with E-state index in [4.69, 9.17) is 21.4 Å². The van der Waals surface area contributed by atoms with Gasteiger partial charge in [0.05, 0.1) is 28.6 Å². The lowest BCUT2D eigenvalue weighted by atomic mass is 10.7. The average molecular weight is 365 g/mol. The van der Waals surface area contributed by atoms with Crippen molar-refractivity contribution in [3.63, 3.8) is 0 Å². The number of halogens is 2. The van der Waals surface area contributed by atoms with Crippen LogP contribution >= 0.6 is 38.9 Å². The number of hydrogen-bond donors (Lipinski definition) is 2. The summed E-state index contributed by atoms with van der Waals surface area (Å²) in [7, 11) is -3.54. The molecule has 0 spiro atoms. The van der Waals surface area contributed by atoms with Crippen LogP contribution in [-0.4, -0.2) is 39.9 Å². The van der Waals surface area contributed by atoms with Gasteiger partial charge in [0.2, 0.25) is 10.0 Å². The van der Waals surface area contributed by atoms with Gasteiger partial charge in [0, 0.05) is 6.54 Å². The van der Waals surface area contributed by atoms with Crippen LogP contribution in [0.15, 0.2) is 14.1 Å². The number of aliphatic hydroxyl groups excluding tert-OH is 1. The Hall–Kier alpha value is 0.300. The fraction of sp³-hybridized carbons (Fsp3) is 0.500. The molecule has 5 nitrogen and oxygen atoms in total. The van der Waals surface area contributed by atoms with Gasteiger partial charge in [0.25, 0.3) is 0 Å². The molecule has 9 heteroatoms. The predicted octanol–water partition coefficient (Wildman–Crippen LogP) is 1.45. The first-order valence-corrected chi connectivity index (χ1v) is 8.07. The summed E-state index contributed by atoms with van der Waals surface area (Å²) in [6.07, 6.45) is 0. The molecule has 2 N–H and O–H groups in total. The van der Waals surface area contributed by atoms with Crippen molar-refractivity contribution >= 4 is 48.9 Å². The summed E-state index contributed by atoms with van der Waals surface area (Å²) in [6, 6.07) is 1.38. The maximum atomic E-state index is 11.7. The highest BCUT2D eigenvalue weighted by atomic mass is 79.9. The molecule has 0 unspecified atom stereocenters. The molecular formula is C8H11BrClNO4S2. The molecular weight excluding hydrogens is 354 g/mol. The van der Waals surface area contributed by atoms with Crippen LogP contribution in [0.25, 0.3) is 0 Å². The molecule has 1 aromatic rings. The minimum atomic E-state index is -3.54. The Morgan fingerprint density at radius 1 is 1.53 bits per heavy atom. The number of aliphatic hydroxyl groups is 1. The second-order valence-corrected chi connectivity index (χ2v) is 7.69. The first-order chi connectivity index (χ1) is 7.97. The van der Waals surface area contributed by atoms with Crippen molar-refractivity contribution in [2.45, 2.75) is 4.21 Å². The number of rotatable bonds is 7. The summed E-state index contributed by atoms with van der Waals surface area (Å²) in [5.41, 5.74) is 0. The third kappa shape index (κ3) is 4.82. The normalized spacial score (nSPS) is 11.9. The smallest absolute Gasteiger partial charge is 0.250 e. The Kier molecular flexibility index (Phi) is 6.35. The lowest BCUT2D eigenvalue weighted by Gasteiger charge is -2.04. The highest BCUT2D eigenvalue weighted by molar-refractivity contribution is 9.11. The van der Waals surface area contributed by atoms with E-state index in [1.54, 1.807) is 0 Å². The van der Waals surface area contributed by atoms with E-state index < -0.39 is 10.0 Å². The van der Waals surface area contributed by atoms with Crippen LogP contribution in [-0.2, 0) is 14.8 Å². The molecule has 0 bridgehead atoms. The molecule has 0 atom stereocenters. The first kappa shape index (κ1) is 15.4. The fourth-order valence-corrected chi connectivity index (χ4v) is 4.40. The highest BCUT2D eigenvalue weighted by Gasteiger charge is 2.18. The number of hydrogen-bond acceptors (Lipinski definition) is 5. The summed E-state index contributed by atoms with van der Waals surface area (Å²) in [4.78, 5) is 0. The van der Waals surface area contributed by atoms with Crippen molar-refractivity contribution in [1.82, 2.24) is 4.72 Å². The van der Waals surface area contributed by atoms with Crippen molar-refractivity contribution in [2.24, 2.45) is 0 Å². The standard InChI is InChI=1S/C8H11BrClNO4S2/c9-8-6(10)5-7(16-8)17(13,14)11-1-3-15-4-2-12/h5,11-12H,1-4H2. The largest absolute Gasteiger partial charge is 0.394 e. The van der Waals surface area contributed by atoms with Gasteiger partial charge in [-0.15, -0.1) is 11.3 Å². The molecule has 98 valence electrons. The number of thiophene rings is 1. The van der Waals surface area contributed by atoms with Gasteiger partial charge in [-0.25, -0.2) is 13.1 Å². The number of ether oxygens (including phenoxy) is 1. The van der Waals surface area contributed by atoms with Gasteiger partial charge in [-0.2, -0.15) is 0 Å². The summed E-state index contributed by atoms with van der Waals surface area (Å²) < 4.78 is 31.5. The predicted molar refractivity (Wildman–Crippen MR) is 70.1 cm³/mol. The monoisotopic (exact) mass is 363 g/mol. The Morgan fingerprint density at radius 2 is 2.24 bits per heavy atom. The third-order valence-corrected chi connectivity index (χ3v) is 6.07. The summed E-state index contributed by atoms with van der Waals surface area (Å²) in [5.74, 6) is 0. The molecule has 0 saturated carbocycles. The average Bonchev–Trinajstić information content (AvgIpc) is 2.60. The van der Waals surface area contributed by atoms with Crippen LogP contribution in [0.1, 0.15) is 0 Å². The van der Waals surface area contributed by atoms with E-state index in [1.807, 2.05) is 0 Å². The SMILES string of the molecule is O=S(=O)(NCCOCCO)c1cc(Cl)c(Br)s1. The van der Waals surface area contributed by atoms with Crippen molar-refractivity contribution in [1.29, 1.82) is 0 Å². The molecule has 0 aliphatic carbocycles. The zero-order chi connectivity index (χ0) is 12.9. The van der Waals surface area contributed by atoms with E-state index in [1.165, 1.54) is 6.07 Å². The van der Waals surface area contributed by atoms with Gasteiger partial charge in [-0.3, -0.25) is 0 Å². The molecule has 1 rings (SSSR count). The summed E-state index contributed by atoms with van der Waals surface area (Å²) >= 11 is 9.95. The minimum absolute atomic E-state index is 0.0831. The summed E-state index contributed by atoms with van der Waals surface area (Å²) in [6.45, 7) is 0.466. The molecule has 0 saturated heterocycles. The number of sulfonamides is 1. The molecule has 1 aromatic heterocycles. The number of nitrogens with one attached hydrogen (secondary N) is 1. The second-order valence-electron chi connectivity index (χ2n) is 2.92. The molecule has 0 radical (unpaired) electrons. The van der Waals surface area contributed by atoms with Gasteiger partial charge in [-0.1, -0.05) is 11.6 Å². The molecule has 17 heavy (non-hydrogen) atoms. The van der Waals surface area contributed by atoms with Crippen LogP contribution in [0.2, 0.25) is 5.02 Å². The van der Waals surface area contributed by atoms with Gasteiger partial charge < -0.3 is 9.84 Å². The topological polar surface area (TPSA) is 75.6 Å². The molecule has 0 fully saturated rings. The van der Waals surface area contributed by atoms with E-state index in [0.717, 1.165) is 11.3 Å². The van der Waals surface area contributed by atoms with Gasteiger partial charge >= 0.3 is 0 Å². The Bertz CT molecular complexity index is 443. The van der Waals surface area contributed by atoms with E-state index in [0.29, 0.717) is 8.81 Å². The second kappa shape index (κ2) is 7.03. The first-order valence-electron chi connectivity index (χ1n) is 4.60. The fourth-order valence-electron chi connectivity index (χ4n) is 0.945. The Morgan fingerprint density at radius 3 is 2.76 bits per heavy atom. The van der Waals surface area contributed by atoms with E-state index in [-0.39, 0.29) is 30.6 Å². The highest BCUT2D eigenvalue weighted by Crippen LogP contribution is 2.34. The van der Waals surface area contributed by atoms with Gasteiger partial charge in [-0.05, 0) is 22.0 Å². The minimum Gasteiger partial charge on any atom is -0.394 e. The maximum absolute atomic E-state index is 11.7. The van der Waals surface area contributed by atoms with Crippen LogP contribution in [0.5, 0.6) is 0 Å². The van der Waals surface area contributed by atoms with Crippen LogP contribution in [0.3, 0.4) is 0 Å². The molecule has 0 aromatic carbocycles. The molecule has 0 amide bonds. The lowest BCUT2D eigenvalue weighted by molar-refractivity contribution is 0.0961. The zero-order valence-electron chi connectivity index (χ0n) is 8.65. The maximum Gasteiger partial charge on any atom is 0.250 e. The third-order valence-electron chi connectivity index (χ3n) is 1.66. The Labute approximate surface area is 117 Å². The van der Waals surface area contributed by atoms with Gasteiger partial charge in [0.15, 0.2) is 0 Å². The van der Waals surface area contributed by atoms with Crippen molar-refractivity contribution < 1.29 is 18.3 Å². The quantitative estimate of drug-likeness (QED) is 0.718. The van der Waals surface area contributed by atoms with Crippen LogP contribution in [0, 0.1) is 0 Å². The van der Waals surface area contributed by atoms with Crippen LogP contribution < -0.4 is 4.72 Å². The summed E-state index contributed by atoms with van der Waals surface area (Å²) in [5, 5.41) is 8.82. The molecule has 1 heterocycles. The van der Waals surface area contributed by atoms with E-state index >= 15 is 0 Å². The Balaban J connectivity index is 2.51. The molecule has 0 aliphatic rings. The van der Waals surface area contributed by atoms with Crippen molar-refractivity contribution in [3.8, 4) is 0 Å². The van der Waals surface area contributed by atoms with Gasteiger partial charge in [0.1, 0.15) is 4.21 Å². The van der Waals surface area contributed by atoms with Crippen LogP contribution in [0.4, 0.5) is 0 Å². The zero-order valence-corrected chi connectivity index (χ0v) is 12.6. The van der Waals surface area contributed by atoms with Crippen molar-refractivity contribution in [3.05, 3.63) is 14.9 Å².